The first kappa shape index (κ1) is 7.70. The Labute approximate surface area is 85.9 Å². The van der Waals surface area contributed by atoms with Gasteiger partial charge in [0.15, 0.2) is 0 Å². The van der Waals surface area contributed by atoms with Crippen LogP contribution < -0.4 is 5.73 Å². The number of pyridine rings is 1. The summed E-state index contributed by atoms with van der Waals surface area (Å²) >= 11 is 0. The summed E-state index contributed by atoms with van der Waals surface area (Å²) in [6, 6.07) is 2.12. The van der Waals surface area contributed by atoms with E-state index in [1.165, 1.54) is 6.07 Å². The fourth-order valence-corrected chi connectivity index (χ4v) is 1.25. The van der Waals surface area contributed by atoms with E-state index in [1.807, 2.05) is 0 Å². The predicted octanol–water partition coefficient (Wildman–Crippen LogP) is 2.04. The number of H-pyrrole nitrogens is 1. The molecule has 0 spiro atoms. The molecule has 2 heterocycles. The second kappa shape index (κ2) is 3.23. The van der Waals surface area contributed by atoms with E-state index in [4.69, 9.17) is 8.48 Å². The number of nitrogens with zero attached hydrogens (tertiary/aromatic N) is 1. The Morgan fingerprint density at radius 1 is 1.47 bits per heavy atom. The van der Waals surface area contributed by atoms with E-state index >= 15 is 0 Å². The molecule has 2 rings (SSSR count). The third kappa shape index (κ3) is 1.80. The lowest BCUT2D eigenvalue weighted by molar-refractivity contribution is -0.140. The number of hydrogen-bond acceptors (Lipinski definition) is 2. The fourth-order valence-electron chi connectivity index (χ4n) is 1.25. The maximum absolute atomic E-state index is 12.4. The van der Waals surface area contributed by atoms with Crippen LogP contribution in [-0.4, -0.2) is 9.97 Å². The summed E-state index contributed by atoms with van der Waals surface area (Å²) in [4.78, 5) is 5.82. The van der Waals surface area contributed by atoms with Crippen molar-refractivity contribution in [1.82, 2.24) is 9.97 Å². The molecule has 2 aromatic heterocycles. The third-order valence-electron chi connectivity index (χ3n) is 1.94. The van der Waals surface area contributed by atoms with Crippen LogP contribution in [0.15, 0.2) is 18.3 Å². The summed E-state index contributed by atoms with van der Waals surface area (Å²) in [7, 11) is 0. The van der Waals surface area contributed by atoms with E-state index in [0.717, 1.165) is 12.3 Å². The van der Waals surface area contributed by atoms with Crippen LogP contribution in [0.25, 0.3) is 11.0 Å². The van der Waals surface area contributed by atoms with Crippen molar-refractivity contribution in [3.8, 4) is 0 Å². The maximum atomic E-state index is 12.4. The van der Waals surface area contributed by atoms with Crippen LogP contribution in [0.4, 0.5) is 13.2 Å². The normalized spacial score (nSPS) is 15.2. The lowest BCUT2D eigenvalue weighted by Crippen LogP contribution is -2.04. The van der Waals surface area contributed by atoms with Crippen LogP contribution in [-0.2, 0) is 12.7 Å². The van der Waals surface area contributed by atoms with Crippen LogP contribution in [0.1, 0.15) is 14.0 Å². The average Bonchev–Trinajstić information content (AvgIpc) is 2.57. The molecule has 0 saturated carbocycles. The van der Waals surface area contributed by atoms with E-state index in [2.05, 4.69) is 9.97 Å². The fraction of sp³-hybridized carbons (Fsp3) is 0.222. The quantitative estimate of drug-likeness (QED) is 0.768. The van der Waals surface area contributed by atoms with E-state index in [1.54, 1.807) is 0 Å². The molecule has 0 aromatic carbocycles. The molecule has 0 aliphatic heterocycles. The molecule has 0 saturated heterocycles. The van der Waals surface area contributed by atoms with Gasteiger partial charge in [0, 0.05) is 20.8 Å². The van der Waals surface area contributed by atoms with Crippen LogP contribution >= 0.6 is 0 Å². The summed E-state index contributed by atoms with van der Waals surface area (Å²) in [5.74, 6) is 0. The highest BCUT2D eigenvalue weighted by Gasteiger charge is 2.32. The van der Waals surface area contributed by atoms with Crippen LogP contribution in [0.3, 0.4) is 0 Å². The molecule has 0 amide bonds. The predicted molar refractivity (Wildman–Crippen MR) is 49.0 cm³/mol. The molecule has 3 N–H and O–H groups in total. The summed E-state index contributed by atoms with van der Waals surface area (Å²) in [5, 5.41) is 0.171. The van der Waals surface area contributed by atoms with Gasteiger partial charge >= 0.3 is 6.18 Å². The van der Waals surface area contributed by atoms with Crippen molar-refractivity contribution in [1.29, 1.82) is 0 Å². The molecule has 0 fully saturated rings. The standard InChI is InChI=1S/C9H8F3N3/c10-9(11,12)7-2-6-1-5(3-13)4-14-8(6)15-7/h1-2,4H,3,13H2,(H,14,15)/i3D2. The first-order valence-electron chi connectivity index (χ1n) is 5.03. The zero-order chi connectivity index (χ0) is 12.8. The minimum atomic E-state index is -4.48. The Morgan fingerprint density at radius 3 is 2.80 bits per heavy atom. The minimum Gasteiger partial charge on any atom is -0.336 e. The number of halogens is 3. The number of alkyl halides is 3. The van der Waals surface area contributed by atoms with E-state index < -0.39 is 18.4 Å². The SMILES string of the molecule is [2H]C([2H])(N)c1cnc2[nH]c(C(F)(F)F)cc2c1. The van der Waals surface area contributed by atoms with Crippen molar-refractivity contribution in [3.63, 3.8) is 0 Å². The summed E-state index contributed by atoms with van der Waals surface area (Å²) in [6.07, 6.45) is -3.37. The van der Waals surface area contributed by atoms with Gasteiger partial charge in [-0.2, -0.15) is 13.2 Å². The summed E-state index contributed by atoms with van der Waals surface area (Å²) < 4.78 is 51.7. The second-order valence-corrected chi connectivity index (χ2v) is 2.99. The first-order valence-corrected chi connectivity index (χ1v) is 4.03. The number of nitrogens with two attached hydrogens (primary N) is 1. The molecule has 6 heteroatoms. The van der Waals surface area contributed by atoms with Gasteiger partial charge in [0.2, 0.25) is 0 Å². The van der Waals surface area contributed by atoms with Crippen LogP contribution in [0, 0.1) is 0 Å². The lowest BCUT2D eigenvalue weighted by Gasteiger charge is -2.00. The van der Waals surface area contributed by atoms with Gasteiger partial charge in [-0.1, -0.05) is 0 Å². The van der Waals surface area contributed by atoms with Gasteiger partial charge in [0.05, 0.1) is 0 Å². The number of aromatic nitrogens is 2. The van der Waals surface area contributed by atoms with E-state index in [9.17, 15) is 13.2 Å². The van der Waals surface area contributed by atoms with Crippen molar-refractivity contribution < 1.29 is 15.9 Å². The monoisotopic (exact) mass is 217 g/mol. The van der Waals surface area contributed by atoms with Crippen molar-refractivity contribution in [2.45, 2.75) is 12.7 Å². The van der Waals surface area contributed by atoms with E-state index in [-0.39, 0.29) is 16.6 Å². The minimum absolute atomic E-state index is 0.0257. The van der Waals surface area contributed by atoms with Gasteiger partial charge in [0.25, 0.3) is 0 Å². The smallest absolute Gasteiger partial charge is 0.336 e. The van der Waals surface area contributed by atoms with Crippen molar-refractivity contribution in [3.05, 3.63) is 29.6 Å². The summed E-state index contributed by atoms with van der Waals surface area (Å²) in [5.41, 5.74) is 4.35. The Balaban J connectivity index is 2.56. The highest BCUT2D eigenvalue weighted by molar-refractivity contribution is 5.77. The maximum Gasteiger partial charge on any atom is 0.431 e. The topological polar surface area (TPSA) is 54.7 Å². The highest BCUT2D eigenvalue weighted by Crippen LogP contribution is 2.30. The molecule has 0 radical (unpaired) electrons. The molecule has 3 nitrogen and oxygen atoms in total. The van der Waals surface area contributed by atoms with Crippen molar-refractivity contribution >= 4 is 11.0 Å². The molecule has 0 unspecified atom stereocenters. The van der Waals surface area contributed by atoms with Gasteiger partial charge < -0.3 is 10.7 Å². The van der Waals surface area contributed by atoms with Gasteiger partial charge in [-0.05, 0) is 17.7 Å². The van der Waals surface area contributed by atoms with Gasteiger partial charge in [-0.3, -0.25) is 0 Å². The molecule has 0 bridgehead atoms. The lowest BCUT2D eigenvalue weighted by atomic mass is 10.2. The van der Waals surface area contributed by atoms with Crippen molar-refractivity contribution in [2.75, 3.05) is 0 Å². The Kier molecular flexibility index (Phi) is 1.66. The number of rotatable bonds is 1. The molecule has 0 atom stereocenters. The van der Waals surface area contributed by atoms with Gasteiger partial charge in [-0.25, -0.2) is 4.98 Å². The third-order valence-corrected chi connectivity index (χ3v) is 1.94. The average molecular weight is 217 g/mol. The Morgan fingerprint density at radius 2 is 2.20 bits per heavy atom. The van der Waals surface area contributed by atoms with E-state index in [0.29, 0.717) is 0 Å². The van der Waals surface area contributed by atoms with Crippen LogP contribution in [0.5, 0.6) is 0 Å². The molecule has 0 aliphatic carbocycles. The number of hydrogen-bond donors (Lipinski definition) is 2. The Hall–Kier alpha value is -1.56. The molecule has 80 valence electrons. The molecular formula is C9H8F3N3. The molecular weight excluding hydrogens is 207 g/mol. The molecule has 2 aromatic rings. The highest BCUT2D eigenvalue weighted by atomic mass is 19.4. The first-order chi connectivity index (χ1) is 7.68. The van der Waals surface area contributed by atoms with Crippen molar-refractivity contribution in [2.24, 2.45) is 5.73 Å². The van der Waals surface area contributed by atoms with Crippen LogP contribution in [0.2, 0.25) is 0 Å². The summed E-state index contributed by atoms with van der Waals surface area (Å²) in [6.45, 7) is -2.13. The number of aromatic amines is 1. The second-order valence-electron chi connectivity index (χ2n) is 2.99. The Bertz CT molecular complexity index is 545. The number of fused-ring (bicyclic) bond motifs is 1. The zero-order valence-electron chi connectivity index (χ0n) is 9.39. The zero-order valence-corrected chi connectivity index (χ0v) is 7.39. The van der Waals surface area contributed by atoms with Gasteiger partial charge in [0.1, 0.15) is 11.3 Å². The molecule has 0 aliphatic rings. The molecule has 15 heavy (non-hydrogen) atoms. The van der Waals surface area contributed by atoms with Gasteiger partial charge in [-0.15, -0.1) is 0 Å². The number of nitrogens with one attached hydrogen (secondary N) is 1. The largest absolute Gasteiger partial charge is 0.431 e.